The van der Waals surface area contributed by atoms with Crippen LogP contribution in [-0.4, -0.2) is 16.3 Å². The average molecular weight is 285 g/mol. The maximum Gasteiger partial charge on any atom is 0.390 e. The van der Waals surface area contributed by atoms with E-state index >= 15 is 0 Å². The van der Waals surface area contributed by atoms with Crippen molar-refractivity contribution in [3.05, 3.63) is 47.6 Å². The van der Waals surface area contributed by atoms with Crippen LogP contribution in [0.2, 0.25) is 0 Å². The van der Waals surface area contributed by atoms with Gasteiger partial charge in [-0.2, -0.15) is 18.2 Å². The first-order chi connectivity index (χ1) is 9.44. The van der Waals surface area contributed by atoms with Gasteiger partial charge in [-0.3, -0.25) is 0 Å². The smallest absolute Gasteiger partial charge is 0.338 e. The van der Waals surface area contributed by atoms with Crippen molar-refractivity contribution in [2.75, 3.05) is 0 Å². The minimum absolute atomic E-state index is 0.0937. The van der Waals surface area contributed by atoms with E-state index in [9.17, 15) is 13.2 Å². The SMILES string of the molecule is Cc1noc(CNC(CC(F)(F)F)c2ccccc2)n1. The van der Waals surface area contributed by atoms with Crippen LogP contribution in [0.1, 0.15) is 29.7 Å². The Labute approximate surface area is 114 Å². The first-order valence-corrected chi connectivity index (χ1v) is 6.08. The van der Waals surface area contributed by atoms with Crippen LogP contribution in [0.25, 0.3) is 0 Å². The Bertz CT molecular complexity index is 539. The topological polar surface area (TPSA) is 51.0 Å². The number of hydrogen-bond donors (Lipinski definition) is 1. The molecule has 0 amide bonds. The normalized spacial score (nSPS) is 13.4. The van der Waals surface area contributed by atoms with Gasteiger partial charge in [-0.1, -0.05) is 35.5 Å². The van der Waals surface area contributed by atoms with Gasteiger partial charge in [0.2, 0.25) is 5.89 Å². The van der Waals surface area contributed by atoms with Crippen molar-refractivity contribution in [2.45, 2.75) is 32.1 Å². The van der Waals surface area contributed by atoms with Crippen LogP contribution < -0.4 is 5.32 Å². The van der Waals surface area contributed by atoms with Gasteiger partial charge in [0.15, 0.2) is 5.82 Å². The quantitative estimate of drug-likeness (QED) is 0.916. The largest absolute Gasteiger partial charge is 0.390 e. The van der Waals surface area contributed by atoms with Crippen molar-refractivity contribution in [1.29, 1.82) is 0 Å². The van der Waals surface area contributed by atoms with Crippen LogP contribution >= 0.6 is 0 Å². The van der Waals surface area contributed by atoms with Gasteiger partial charge in [0.1, 0.15) is 0 Å². The lowest BCUT2D eigenvalue weighted by atomic mass is 10.0. The fourth-order valence-corrected chi connectivity index (χ4v) is 1.85. The zero-order valence-electron chi connectivity index (χ0n) is 10.8. The summed E-state index contributed by atoms with van der Waals surface area (Å²) in [6.45, 7) is 1.74. The second-order valence-corrected chi connectivity index (χ2v) is 4.40. The van der Waals surface area contributed by atoms with Crippen molar-refractivity contribution in [3.63, 3.8) is 0 Å². The van der Waals surface area contributed by atoms with Crippen LogP contribution in [0.15, 0.2) is 34.9 Å². The molecule has 2 aromatic rings. The zero-order chi connectivity index (χ0) is 14.6. The maximum absolute atomic E-state index is 12.6. The Kier molecular flexibility index (Phi) is 4.39. The van der Waals surface area contributed by atoms with Crippen molar-refractivity contribution in [2.24, 2.45) is 0 Å². The highest BCUT2D eigenvalue weighted by molar-refractivity contribution is 5.19. The number of nitrogens with zero attached hydrogens (tertiary/aromatic N) is 2. The number of rotatable bonds is 5. The second kappa shape index (κ2) is 6.04. The molecular formula is C13H14F3N3O. The van der Waals surface area contributed by atoms with Crippen LogP contribution in [-0.2, 0) is 6.54 Å². The molecule has 108 valence electrons. The molecule has 7 heteroatoms. The maximum atomic E-state index is 12.6. The Morgan fingerprint density at radius 2 is 1.95 bits per heavy atom. The Hall–Kier alpha value is -1.89. The van der Waals surface area contributed by atoms with Gasteiger partial charge in [-0.05, 0) is 12.5 Å². The van der Waals surface area contributed by atoms with Gasteiger partial charge >= 0.3 is 6.18 Å². The molecule has 0 aliphatic carbocycles. The molecule has 1 aromatic carbocycles. The summed E-state index contributed by atoms with van der Waals surface area (Å²) in [7, 11) is 0. The number of benzene rings is 1. The summed E-state index contributed by atoms with van der Waals surface area (Å²) in [6.07, 6.45) is -5.21. The standard InChI is InChI=1S/C13H14F3N3O/c1-9-18-12(20-19-9)8-17-11(7-13(14,15)16)10-5-3-2-4-6-10/h2-6,11,17H,7-8H2,1H3. The number of nitrogens with one attached hydrogen (secondary N) is 1. The monoisotopic (exact) mass is 285 g/mol. The summed E-state index contributed by atoms with van der Waals surface area (Å²) >= 11 is 0. The first kappa shape index (κ1) is 14.5. The summed E-state index contributed by atoms with van der Waals surface area (Å²) in [4.78, 5) is 3.95. The highest BCUT2D eigenvalue weighted by Gasteiger charge is 2.32. The van der Waals surface area contributed by atoms with Gasteiger partial charge in [0, 0.05) is 6.04 Å². The minimum Gasteiger partial charge on any atom is -0.338 e. The number of aryl methyl sites for hydroxylation is 1. The minimum atomic E-state index is -4.25. The number of hydrogen-bond acceptors (Lipinski definition) is 4. The van der Waals surface area contributed by atoms with E-state index in [1.165, 1.54) is 0 Å². The summed E-state index contributed by atoms with van der Waals surface area (Å²) in [5, 5.41) is 6.40. The lowest BCUT2D eigenvalue weighted by Crippen LogP contribution is -2.26. The molecule has 4 nitrogen and oxygen atoms in total. The molecule has 1 aromatic heterocycles. The van der Waals surface area contributed by atoms with E-state index in [-0.39, 0.29) is 12.4 Å². The molecule has 0 aliphatic rings. The predicted molar refractivity (Wildman–Crippen MR) is 65.7 cm³/mol. The molecule has 1 heterocycles. The van der Waals surface area contributed by atoms with Crippen molar-refractivity contribution in [3.8, 4) is 0 Å². The van der Waals surface area contributed by atoms with Crippen molar-refractivity contribution >= 4 is 0 Å². The molecule has 20 heavy (non-hydrogen) atoms. The van der Waals surface area contributed by atoms with E-state index in [0.717, 1.165) is 0 Å². The lowest BCUT2D eigenvalue weighted by Gasteiger charge is -2.19. The third kappa shape index (κ3) is 4.34. The molecule has 0 saturated carbocycles. The summed E-state index contributed by atoms with van der Waals surface area (Å²) in [5.41, 5.74) is 0.570. The van der Waals surface area contributed by atoms with Gasteiger partial charge in [0.05, 0.1) is 13.0 Å². The third-order valence-electron chi connectivity index (χ3n) is 2.71. The molecule has 1 unspecified atom stereocenters. The van der Waals surface area contributed by atoms with E-state index in [1.807, 2.05) is 0 Å². The number of halogens is 3. The second-order valence-electron chi connectivity index (χ2n) is 4.40. The molecule has 0 bridgehead atoms. The molecular weight excluding hydrogens is 271 g/mol. The van der Waals surface area contributed by atoms with E-state index in [0.29, 0.717) is 11.4 Å². The molecule has 0 spiro atoms. The molecule has 0 saturated heterocycles. The Morgan fingerprint density at radius 1 is 1.25 bits per heavy atom. The molecule has 2 rings (SSSR count). The van der Waals surface area contributed by atoms with Crippen LogP contribution in [0.4, 0.5) is 13.2 Å². The molecule has 0 fully saturated rings. The van der Waals surface area contributed by atoms with Crippen molar-refractivity contribution < 1.29 is 17.7 Å². The van der Waals surface area contributed by atoms with Gasteiger partial charge in [-0.25, -0.2) is 0 Å². The molecule has 1 atom stereocenters. The number of aromatic nitrogens is 2. The molecule has 1 N–H and O–H groups in total. The summed E-state index contributed by atoms with van der Waals surface area (Å²) in [5.74, 6) is 0.722. The number of alkyl halides is 3. The van der Waals surface area contributed by atoms with E-state index < -0.39 is 18.6 Å². The van der Waals surface area contributed by atoms with E-state index in [4.69, 9.17) is 4.52 Å². The van der Waals surface area contributed by atoms with Crippen LogP contribution in [0.5, 0.6) is 0 Å². The fraction of sp³-hybridized carbons (Fsp3) is 0.385. The third-order valence-corrected chi connectivity index (χ3v) is 2.71. The highest BCUT2D eigenvalue weighted by Crippen LogP contribution is 2.29. The predicted octanol–water partition coefficient (Wildman–Crippen LogP) is 3.16. The van der Waals surface area contributed by atoms with Crippen molar-refractivity contribution in [1.82, 2.24) is 15.5 Å². The van der Waals surface area contributed by atoms with Gasteiger partial charge in [-0.15, -0.1) is 0 Å². The first-order valence-electron chi connectivity index (χ1n) is 6.08. The fourth-order valence-electron chi connectivity index (χ4n) is 1.85. The van der Waals surface area contributed by atoms with Crippen LogP contribution in [0.3, 0.4) is 0 Å². The van der Waals surface area contributed by atoms with E-state index in [1.54, 1.807) is 37.3 Å². The van der Waals surface area contributed by atoms with Gasteiger partial charge in [0.25, 0.3) is 0 Å². The Morgan fingerprint density at radius 3 is 2.50 bits per heavy atom. The Balaban J connectivity index is 2.07. The average Bonchev–Trinajstić information content (AvgIpc) is 2.80. The van der Waals surface area contributed by atoms with Gasteiger partial charge < -0.3 is 9.84 Å². The molecule has 0 radical (unpaired) electrons. The summed E-state index contributed by atoms with van der Waals surface area (Å²) < 4.78 is 42.8. The zero-order valence-corrected chi connectivity index (χ0v) is 10.8. The molecule has 0 aliphatic heterocycles. The van der Waals surface area contributed by atoms with Crippen LogP contribution in [0, 0.1) is 6.92 Å². The van der Waals surface area contributed by atoms with E-state index in [2.05, 4.69) is 15.5 Å². The highest BCUT2D eigenvalue weighted by atomic mass is 19.4. The lowest BCUT2D eigenvalue weighted by molar-refractivity contribution is -0.140. The summed E-state index contributed by atoms with van der Waals surface area (Å²) in [6, 6.07) is 7.64.